The van der Waals surface area contributed by atoms with Crippen LogP contribution in [0.2, 0.25) is 0 Å². The van der Waals surface area contributed by atoms with Crippen LogP contribution < -0.4 is 0 Å². The first-order chi connectivity index (χ1) is 11.0. The molecule has 0 bridgehead atoms. The topological polar surface area (TPSA) is 101 Å². The maximum Gasteiger partial charge on any atom is 0.339 e. The van der Waals surface area contributed by atoms with Gasteiger partial charge in [0.2, 0.25) is 0 Å². The zero-order chi connectivity index (χ0) is 17.2. The fraction of sp³-hybridized carbons (Fsp3) is 0.471. The Morgan fingerprint density at radius 2 is 1.52 bits per heavy atom. The number of ether oxygens (including phenoxy) is 1. The van der Waals surface area contributed by atoms with E-state index in [2.05, 4.69) is 6.92 Å². The molecule has 126 valence electrons. The molecule has 0 unspecified atom stereocenters. The Morgan fingerprint density at radius 3 is 2.13 bits per heavy atom. The Labute approximate surface area is 135 Å². The van der Waals surface area contributed by atoms with Gasteiger partial charge in [-0.05, 0) is 18.6 Å². The quantitative estimate of drug-likeness (QED) is 0.504. The van der Waals surface area contributed by atoms with Crippen molar-refractivity contribution in [2.24, 2.45) is 0 Å². The number of carbonyl (C=O) groups is 3. The average molecular weight is 322 g/mol. The molecule has 2 N–H and O–H groups in total. The maximum absolute atomic E-state index is 12.0. The van der Waals surface area contributed by atoms with Crippen molar-refractivity contribution in [3.63, 3.8) is 0 Å². The summed E-state index contributed by atoms with van der Waals surface area (Å²) >= 11 is 0. The molecule has 0 atom stereocenters. The lowest BCUT2D eigenvalue weighted by atomic mass is 10.0. The predicted octanol–water partition coefficient (Wildman–Crippen LogP) is 3.60. The van der Waals surface area contributed by atoms with Crippen molar-refractivity contribution >= 4 is 17.9 Å². The van der Waals surface area contributed by atoms with Crippen LogP contribution in [-0.2, 0) is 4.74 Å². The SMILES string of the molecule is CCCCCCCCOC(=O)c1cccc(C(=O)O)c1C(=O)O. The number of rotatable bonds is 10. The first-order valence-corrected chi connectivity index (χ1v) is 7.75. The maximum atomic E-state index is 12.0. The summed E-state index contributed by atoms with van der Waals surface area (Å²) in [5.41, 5.74) is -1.19. The molecule has 1 aromatic rings. The van der Waals surface area contributed by atoms with E-state index in [1.807, 2.05) is 0 Å². The van der Waals surface area contributed by atoms with Gasteiger partial charge in [-0.15, -0.1) is 0 Å². The van der Waals surface area contributed by atoms with E-state index < -0.39 is 29.0 Å². The molecule has 6 nitrogen and oxygen atoms in total. The second-order valence-electron chi connectivity index (χ2n) is 5.24. The van der Waals surface area contributed by atoms with Crippen LogP contribution in [0.25, 0.3) is 0 Å². The standard InChI is InChI=1S/C17H22O6/c1-2-3-4-5-6-7-11-23-17(22)13-10-8-9-12(15(18)19)14(13)16(20)21/h8-10H,2-7,11H2,1H3,(H,18,19)(H,20,21). The summed E-state index contributed by atoms with van der Waals surface area (Å²) in [5.74, 6) is -3.67. The highest BCUT2D eigenvalue weighted by Gasteiger charge is 2.24. The van der Waals surface area contributed by atoms with Crippen LogP contribution in [-0.4, -0.2) is 34.7 Å². The van der Waals surface area contributed by atoms with Gasteiger partial charge in [0, 0.05) is 0 Å². The first-order valence-electron chi connectivity index (χ1n) is 7.75. The number of benzene rings is 1. The molecule has 0 aromatic heterocycles. The minimum Gasteiger partial charge on any atom is -0.478 e. The summed E-state index contributed by atoms with van der Waals surface area (Å²) in [6.45, 7) is 2.33. The van der Waals surface area contributed by atoms with Crippen LogP contribution in [0.1, 0.15) is 76.5 Å². The summed E-state index contributed by atoms with van der Waals surface area (Å²) in [6.07, 6.45) is 6.20. The van der Waals surface area contributed by atoms with Crippen molar-refractivity contribution in [2.75, 3.05) is 6.61 Å². The Hall–Kier alpha value is -2.37. The number of aromatic carboxylic acids is 2. The molecule has 0 aliphatic heterocycles. The number of hydrogen-bond donors (Lipinski definition) is 2. The third kappa shape index (κ3) is 5.73. The van der Waals surface area contributed by atoms with Crippen molar-refractivity contribution in [1.29, 1.82) is 0 Å². The van der Waals surface area contributed by atoms with Gasteiger partial charge < -0.3 is 14.9 Å². The summed E-state index contributed by atoms with van der Waals surface area (Å²) in [5, 5.41) is 18.2. The van der Waals surface area contributed by atoms with Crippen LogP contribution in [0.4, 0.5) is 0 Å². The van der Waals surface area contributed by atoms with Gasteiger partial charge in [0.25, 0.3) is 0 Å². The molecule has 0 amide bonds. The van der Waals surface area contributed by atoms with Crippen molar-refractivity contribution in [3.05, 3.63) is 34.9 Å². The summed E-state index contributed by atoms with van der Waals surface area (Å²) in [7, 11) is 0. The van der Waals surface area contributed by atoms with Gasteiger partial charge in [-0.25, -0.2) is 14.4 Å². The van der Waals surface area contributed by atoms with Gasteiger partial charge in [-0.3, -0.25) is 0 Å². The van der Waals surface area contributed by atoms with Crippen LogP contribution in [0.3, 0.4) is 0 Å². The Bertz CT molecular complexity index is 564. The van der Waals surface area contributed by atoms with Crippen molar-refractivity contribution in [3.8, 4) is 0 Å². The van der Waals surface area contributed by atoms with Gasteiger partial charge in [-0.2, -0.15) is 0 Å². The summed E-state index contributed by atoms with van der Waals surface area (Å²) < 4.78 is 5.06. The molecule has 1 rings (SSSR count). The number of carboxylic acid groups (broad SMARTS) is 2. The lowest BCUT2D eigenvalue weighted by molar-refractivity contribution is 0.0487. The van der Waals surface area contributed by atoms with Gasteiger partial charge in [0.15, 0.2) is 0 Å². The third-order valence-corrected chi connectivity index (χ3v) is 3.46. The second-order valence-corrected chi connectivity index (χ2v) is 5.24. The van der Waals surface area contributed by atoms with Crippen molar-refractivity contribution in [2.45, 2.75) is 45.4 Å². The van der Waals surface area contributed by atoms with Gasteiger partial charge in [-0.1, -0.05) is 45.1 Å². The lowest BCUT2D eigenvalue weighted by Gasteiger charge is -2.09. The number of hydrogen-bond acceptors (Lipinski definition) is 4. The monoisotopic (exact) mass is 322 g/mol. The van der Waals surface area contributed by atoms with E-state index in [4.69, 9.17) is 14.9 Å². The zero-order valence-corrected chi connectivity index (χ0v) is 13.2. The number of esters is 1. The van der Waals surface area contributed by atoms with E-state index in [9.17, 15) is 14.4 Å². The highest BCUT2D eigenvalue weighted by molar-refractivity contribution is 6.09. The molecule has 0 heterocycles. The molecule has 23 heavy (non-hydrogen) atoms. The molecular formula is C17H22O6. The normalized spacial score (nSPS) is 10.3. The predicted molar refractivity (Wildman–Crippen MR) is 84.0 cm³/mol. The molecule has 0 radical (unpaired) electrons. The summed E-state index contributed by atoms with van der Waals surface area (Å²) in [4.78, 5) is 34.3. The average Bonchev–Trinajstić information content (AvgIpc) is 2.52. The second kappa shape index (κ2) is 9.61. The van der Waals surface area contributed by atoms with E-state index in [-0.39, 0.29) is 12.2 Å². The van der Waals surface area contributed by atoms with Gasteiger partial charge in [0.1, 0.15) is 0 Å². The van der Waals surface area contributed by atoms with Crippen LogP contribution >= 0.6 is 0 Å². The highest BCUT2D eigenvalue weighted by Crippen LogP contribution is 2.17. The largest absolute Gasteiger partial charge is 0.478 e. The number of carbonyl (C=O) groups excluding carboxylic acids is 1. The fourth-order valence-corrected chi connectivity index (χ4v) is 2.26. The van der Waals surface area contributed by atoms with Gasteiger partial charge in [0.05, 0.1) is 23.3 Å². The minimum atomic E-state index is -1.46. The smallest absolute Gasteiger partial charge is 0.339 e. The van der Waals surface area contributed by atoms with E-state index in [1.54, 1.807) is 0 Å². The number of carboxylic acids is 2. The van der Waals surface area contributed by atoms with E-state index in [1.165, 1.54) is 18.6 Å². The molecule has 0 fully saturated rings. The Kier molecular flexibility index (Phi) is 7.80. The summed E-state index contributed by atoms with van der Waals surface area (Å²) in [6, 6.07) is 3.74. The highest BCUT2D eigenvalue weighted by atomic mass is 16.5. The lowest BCUT2D eigenvalue weighted by Crippen LogP contribution is -2.16. The molecule has 6 heteroatoms. The van der Waals surface area contributed by atoms with Crippen LogP contribution in [0.15, 0.2) is 18.2 Å². The fourth-order valence-electron chi connectivity index (χ4n) is 2.26. The van der Waals surface area contributed by atoms with Crippen molar-refractivity contribution < 1.29 is 29.3 Å². The van der Waals surface area contributed by atoms with Crippen LogP contribution in [0, 0.1) is 0 Å². The number of unbranched alkanes of at least 4 members (excludes halogenated alkanes) is 5. The molecule has 0 spiro atoms. The molecule has 1 aromatic carbocycles. The molecule has 0 aliphatic carbocycles. The van der Waals surface area contributed by atoms with E-state index in [0.29, 0.717) is 6.42 Å². The van der Waals surface area contributed by atoms with Crippen LogP contribution in [0.5, 0.6) is 0 Å². The molecule has 0 saturated heterocycles. The third-order valence-electron chi connectivity index (χ3n) is 3.46. The van der Waals surface area contributed by atoms with E-state index >= 15 is 0 Å². The molecule has 0 aliphatic rings. The molecular weight excluding hydrogens is 300 g/mol. The minimum absolute atomic E-state index is 0.196. The van der Waals surface area contributed by atoms with Gasteiger partial charge >= 0.3 is 17.9 Å². The van der Waals surface area contributed by atoms with E-state index in [0.717, 1.165) is 31.7 Å². The zero-order valence-electron chi connectivity index (χ0n) is 13.2. The first kappa shape index (κ1) is 18.7. The Morgan fingerprint density at radius 1 is 0.913 bits per heavy atom. The van der Waals surface area contributed by atoms with Crippen molar-refractivity contribution in [1.82, 2.24) is 0 Å². The Balaban J connectivity index is 2.64. The molecule has 0 saturated carbocycles.